The third kappa shape index (κ3) is 2.80. The van der Waals surface area contributed by atoms with Crippen LogP contribution in [-0.2, 0) is 22.1 Å². The zero-order valence-electron chi connectivity index (χ0n) is 15.1. The summed E-state index contributed by atoms with van der Waals surface area (Å²) in [5.74, 6) is 1.15. The largest absolute Gasteiger partial charge is 0.490 e. The van der Waals surface area contributed by atoms with Crippen LogP contribution >= 0.6 is 0 Å². The fourth-order valence-electron chi connectivity index (χ4n) is 3.98. The summed E-state index contributed by atoms with van der Waals surface area (Å²) in [5, 5.41) is 0.217. The molecule has 29 heavy (non-hydrogen) atoms. The van der Waals surface area contributed by atoms with Crippen LogP contribution in [0, 0.1) is 0 Å². The second-order valence-corrected chi connectivity index (χ2v) is 6.94. The molecule has 5 rings (SSSR count). The first-order valence-electron chi connectivity index (χ1n) is 9.18. The zero-order chi connectivity index (χ0) is 20.2. The van der Waals surface area contributed by atoms with E-state index in [1.807, 2.05) is 6.07 Å². The third-order valence-corrected chi connectivity index (χ3v) is 5.26. The van der Waals surface area contributed by atoms with E-state index < -0.39 is 17.2 Å². The topological polar surface area (TPSA) is 48.7 Å². The molecule has 0 radical (unpaired) electrons. The number of benzene rings is 2. The molecule has 1 aromatic heterocycles. The van der Waals surface area contributed by atoms with Crippen LogP contribution < -0.4 is 5.43 Å². The summed E-state index contributed by atoms with van der Waals surface area (Å²) in [6.45, 7) is 0.772. The van der Waals surface area contributed by atoms with Crippen LogP contribution in [-0.4, -0.2) is 13.2 Å². The molecule has 0 saturated carbocycles. The summed E-state index contributed by atoms with van der Waals surface area (Å²) < 4.78 is 57.6. The van der Waals surface area contributed by atoms with Gasteiger partial charge >= 0.3 is 6.18 Å². The number of hydrogen-bond donors (Lipinski definition) is 0. The highest BCUT2D eigenvalue weighted by Gasteiger charge is 2.35. The lowest BCUT2D eigenvalue weighted by molar-refractivity contribution is -0.137. The normalized spacial score (nSPS) is 16.1. The number of ether oxygens (including phenoxy) is 2. The number of hydrogen-bond acceptors (Lipinski definition) is 4. The van der Waals surface area contributed by atoms with E-state index in [9.17, 15) is 18.0 Å². The number of allylic oxidation sites excluding steroid dienone is 1. The minimum Gasteiger partial charge on any atom is -0.490 e. The molecular formula is C22H15F3O4. The quantitative estimate of drug-likeness (QED) is 0.568. The molecule has 2 heterocycles. The number of aryl methyl sites for hydroxylation is 1. The SMILES string of the molecule is O=c1c(-c2ccccc2C(F)(F)F)coc2ccc3c(c12)C1=C(CC3)OCCO1. The van der Waals surface area contributed by atoms with E-state index >= 15 is 0 Å². The molecule has 1 aliphatic carbocycles. The summed E-state index contributed by atoms with van der Waals surface area (Å²) in [6, 6.07) is 8.52. The number of halogens is 3. The lowest BCUT2D eigenvalue weighted by Crippen LogP contribution is -2.20. The Morgan fingerprint density at radius 3 is 2.52 bits per heavy atom. The average molecular weight is 400 g/mol. The fraction of sp³-hybridized carbons (Fsp3) is 0.227. The van der Waals surface area contributed by atoms with E-state index in [2.05, 4.69) is 0 Å². The number of rotatable bonds is 1. The van der Waals surface area contributed by atoms with E-state index in [0.29, 0.717) is 48.7 Å². The second kappa shape index (κ2) is 6.40. The molecule has 2 aromatic carbocycles. The van der Waals surface area contributed by atoms with E-state index in [0.717, 1.165) is 17.9 Å². The van der Waals surface area contributed by atoms with Gasteiger partial charge in [-0.2, -0.15) is 13.2 Å². The van der Waals surface area contributed by atoms with Gasteiger partial charge in [0.1, 0.15) is 30.8 Å². The lowest BCUT2D eigenvalue weighted by atomic mass is 9.90. The van der Waals surface area contributed by atoms with Crippen molar-refractivity contribution >= 4 is 16.7 Å². The lowest BCUT2D eigenvalue weighted by Gasteiger charge is -2.28. The Labute approximate surface area is 163 Å². The minimum atomic E-state index is -4.59. The Morgan fingerprint density at radius 1 is 0.897 bits per heavy atom. The Balaban J connectivity index is 1.83. The molecule has 0 unspecified atom stereocenters. The summed E-state index contributed by atoms with van der Waals surface area (Å²) in [5.41, 5.74) is -0.0116. The van der Waals surface area contributed by atoms with Gasteiger partial charge in [0.15, 0.2) is 5.76 Å². The highest BCUT2D eigenvalue weighted by molar-refractivity contribution is 5.94. The zero-order valence-corrected chi connectivity index (χ0v) is 15.1. The predicted molar refractivity (Wildman–Crippen MR) is 100 cm³/mol. The Bertz CT molecular complexity index is 1220. The van der Waals surface area contributed by atoms with Crippen molar-refractivity contribution in [2.75, 3.05) is 13.2 Å². The smallest absolute Gasteiger partial charge is 0.417 e. The Kier molecular flexibility index (Phi) is 3.94. The molecule has 1 aliphatic heterocycles. The molecule has 0 bridgehead atoms. The molecule has 0 saturated heterocycles. The number of fused-ring (bicyclic) bond motifs is 4. The standard InChI is InChI=1S/C22H15F3O4/c23-22(24,25)15-4-2-1-3-13(15)14-11-29-16-7-5-12-6-8-17-21(28-10-9-27-17)18(12)19(16)20(14)26/h1-5,7,11H,6,8-10H2. The Hall–Kier alpha value is -3.22. The van der Waals surface area contributed by atoms with Crippen molar-refractivity contribution in [1.82, 2.24) is 0 Å². The predicted octanol–water partition coefficient (Wildman–Crippen LogP) is 5.14. The molecule has 0 atom stereocenters. The molecule has 4 nitrogen and oxygen atoms in total. The van der Waals surface area contributed by atoms with E-state index in [1.165, 1.54) is 18.2 Å². The van der Waals surface area contributed by atoms with Gasteiger partial charge in [-0.25, -0.2) is 0 Å². The monoisotopic (exact) mass is 400 g/mol. The van der Waals surface area contributed by atoms with Crippen LogP contribution in [0.4, 0.5) is 13.2 Å². The highest BCUT2D eigenvalue weighted by atomic mass is 19.4. The first-order chi connectivity index (χ1) is 13.9. The molecule has 148 valence electrons. The summed E-state index contributed by atoms with van der Waals surface area (Å²) in [6.07, 6.45) is -2.20. The third-order valence-electron chi connectivity index (χ3n) is 5.26. The second-order valence-electron chi connectivity index (χ2n) is 6.94. The molecule has 0 N–H and O–H groups in total. The molecule has 0 spiro atoms. The maximum atomic E-state index is 13.5. The Morgan fingerprint density at radius 2 is 1.69 bits per heavy atom. The average Bonchev–Trinajstić information content (AvgIpc) is 2.73. The molecular weight excluding hydrogens is 385 g/mol. The van der Waals surface area contributed by atoms with Gasteiger partial charge in [-0.3, -0.25) is 4.79 Å². The minimum absolute atomic E-state index is 0.136. The van der Waals surface area contributed by atoms with Crippen molar-refractivity contribution in [3.05, 3.63) is 75.3 Å². The number of alkyl halides is 3. The van der Waals surface area contributed by atoms with Crippen molar-refractivity contribution in [3.63, 3.8) is 0 Å². The highest BCUT2D eigenvalue weighted by Crippen LogP contribution is 2.40. The van der Waals surface area contributed by atoms with Gasteiger partial charge in [0, 0.05) is 17.5 Å². The first-order valence-corrected chi connectivity index (χ1v) is 9.18. The van der Waals surface area contributed by atoms with Crippen LogP contribution in [0.25, 0.3) is 27.9 Å². The summed E-state index contributed by atoms with van der Waals surface area (Å²) in [4.78, 5) is 13.4. The fourth-order valence-corrected chi connectivity index (χ4v) is 3.98. The maximum absolute atomic E-state index is 13.5. The van der Waals surface area contributed by atoms with Crippen molar-refractivity contribution < 1.29 is 27.1 Å². The van der Waals surface area contributed by atoms with Gasteiger partial charge in [-0.15, -0.1) is 0 Å². The van der Waals surface area contributed by atoms with Crippen molar-refractivity contribution in [2.24, 2.45) is 0 Å². The van der Waals surface area contributed by atoms with Gasteiger partial charge in [0.05, 0.1) is 16.5 Å². The van der Waals surface area contributed by atoms with E-state index in [-0.39, 0.29) is 16.5 Å². The van der Waals surface area contributed by atoms with Crippen molar-refractivity contribution in [3.8, 4) is 11.1 Å². The molecule has 0 amide bonds. The van der Waals surface area contributed by atoms with Crippen LogP contribution in [0.2, 0.25) is 0 Å². The summed E-state index contributed by atoms with van der Waals surface area (Å²) in [7, 11) is 0. The van der Waals surface area contributed by atoms with Crippen molar-refractivity contribution in [2.45, 2.75) is 19.0 Å². The van der Waals surface area contributed by atoms with Crippen LogP contribution in [0.15, 0.2) is 57.6 Å². The van der Waals surface area contributed by atoms with Crippen LogP contribution in [0.5, 0.6) is 0 Å². The first kappa shape index (κ1) is 17.8. The van der Waals surface area contributed by atoms with Gasteiger partial charge in [-0.05, 0) is 24.1 Å². The van der Waals surface area contributed by atoms with Crippen molar-refractivity contribution in [1.29, 1.82) is 0 Å². The van der Waals surface area contributed by atoms with Crippen LogP contribution in [0.1, 0.15) is 23.1 Å². The molecule has 0 fully saturated rings. The molecule has 2 aliphatic rings. The van der Waals surface area contributed by atoms with Crippen LogP contribution in [0.3, 0.4) is 0 Å². The van der Waals surface area contributed by atoms with Gasteiger partial charge < -0.3 is 13.9 Å². The van der Waals surface area contributed by atoms with E-state index in [4.69, 9.17) is 13.9 Å². The molecule has 3 aromatic rings. The van der Waals surface area contributed by atoms with Gasteiger partial charge in [0.2, 0.25) is 5.43 Å². The van der Waals surface area contributed by atoms with Gasteiger partial charge in [-0.1, -0.05) is 24.3 Å². The maximum Gasteiger partial charge on any atom is 0.417 e. The van der Waals surface area contributed by atoms with Gasteiger partial charge in [0.25, 0.3) is 0 Å². The van der Waals surface area contributed by atoms with E-state index in [1.54, 1.807) is 6.07 Å². The molecule has 7 heteroatoms. The summed E-state index contributed by atoms with van der Waals surface area (Å²) >= 11 is 0.